The minimum atomic E-state index is -4.64. The van der Waals surface area contributed by atoms with Crippen LogP contribution in [0, 0.1) is 0 Å². The molecule has 0 aliphatic carbocycles. The molecule has 0 unspecified atom stereocenters. The summed E-state index contributed by atoms with van der Waals surface area (Å²) in [5.74, 6) is 0. The van der Waals surface area contributed by atoms with Gasteiger partial charge in [0.15, 0.2) is 12.4 Å². The molecule has 0 aromatic carbocycles. The third-order valence-corrected chi connectivity index (χ3v) is 2.80. The van der Waals surface area contributed by atoms with Crippen molar-refractivity contribution in [2.24, 2.45) is 0 Å². The molecule has 12 heteroatoms. The standard InChI is InChI=1S/C14H24N.6FH.H3O4P/c1-2-3-4-5-6-7-9-12-15-13-10-8-11-14-15;;;;;;;1-5(2,3)4/h8,10-11,13-14H,2-7,9,12H2,1H3;6*1H;(H3,1,2,3,4)/q+1;;;;;;;. The average Bonchev–Trinajstić information content (AvgIpc) is 2.37. The third-order valence-electron chi connectivity index (χ3n) is 2.80. The zero-order valence-electron chi connectivity index (χ0n) is 14.6. The van der Waals surface area contributed by atoms with Gasteiger partial charge in [-0.05, 0) is 6.42 Å². The van der Waals surface area contributed by atoms with Gasteiger partial charge in [-0.3, -0.25) is 28.2 Å². The molecule has 1 aromatic rings. The van der Waals surface area contributed by atoms with Crippen molar-refractivity contribution >= 4 is 7.82 Å². The summed E-state index contributed by atoms with van der Waals surface area (Å²) < 4.78 is 11.2. The lowest BCUT2D eigenvalue weighted by atomic mass is 10.1. The summed E-state index contributed by atoms with van der Waals surface area (Å²) in [6.45, 7) is 3.45. The van der Waals surface area contributed by atoms with E-state index in [1.165, 1.54) is 51.5 Å². The van der Waals surface area contributed by atoms with Gasteiger partial charge in [-0.1, -0.05) is 45.1 Å². The van der Waals surface area contributed by atoms with E-state index in [-0.39, 0.29) is 28.2 Å². The van der Waals surface area contributed by atoms with Gasteiger partial charge in [0.2, 0.25) is 0 Å². The summed E-state index contributed by atoms with van der Waals surface area (Å²) in [5, 5.41) is 0. The fourth-order valence-corrected chi connectivity index (χ4v) is 1.83. The summed E-state index contributed by atoms with van der Waals surface area (Å²) in [5.41, 5.74) is 0. The maximum atomic E-state index is 8.88. The molecule has 0 amide bonds. The molecule has 0 bridgehead atoms. The van der Waals surface area contributed by atoms with E-state index in [9.17, 15) is 0 Å². The summed E-state index contributed by atoms with van der Waals surface area (Å²) in [7, 11) is -4.64. The van der Waals surface area contributed by atoms with Crippen LogP contribution < -0.4 is 4.57 Å². The highest BCUT2D eigenvalue weighted by atomic mass is 31.2. The van der Waals surface area contributed by atoms with Crippen molar-refractivity contribution in [2.75, 3.05) is 0 Å². The van der Waals surface area contributed by atoms with E-state index in [1.807, 2.05) is 0 Å². The fourth-order valence-electron chi connectivity index (χ4n) is 1.83. The molecular weight excluding hydrogens is 391 g/mol. The Bertz CT molecular complexity index is 379. The second-order valence-electron chi connectivity index (χ2n) is 4.75. The molecule has 0 radical (unpaired) electrons. The zero-order valence-corrected chi connectivity index (χ0v) is 15.5. The third kappa shape index (κ3) is 43.4. The van der Waals surface area contributed by atoms with Crippen LogP contribution in [-0.2, 0) is 11.1 Å². The van der Waals surface area contributed by atoms with E-state index in [2.05, 4.69) is 42.1 Å². The van der Waals surface area contributed by atoms with Crippen molar-refractivity contribution in [1.82, 2.24) is 0 Å². The number of aryl methyl sites for hydroxylation is 1. The normalized spacial score (nSPS) is 8.31. The van der Waals surface area contributed by atoms with E-state index in [1.54, 1.807) is 0 Å². The van der Waals surface area contributed by atoms with Crippen molar-refractivity contribution in [2.45, 2.75) is 58.4 Å². The summed E-state index contributed by atoms with van der Waals surface area (Å²) >= 11 is 0. The number of phosphoric acid groups is 1. The van der Waals surface area contributed by atoms with Crippen molar-refractivity contribution in [3.8, 4) is 0 Å². The smallest absolute Gasteiger partial charge is 0.303 e. The van der Waals surface area contributed by atoms with Gasteiger partial charge < -0.3 is 14.7 Å². The Morgan fingerprint density at radius 1 is 0.692 bits per heavy atom. The van der Waals surface area contributed by atoms with Crippen molar-refractivity contribution in [3.63, 3.8) is 0 Å². The van der Waals surface area contributed by atoms with Gasteiger partial charge in [-0.25, -0.2) is 9.13 Å². The van der Waals surface area contributed by atoms with Gasteiger partial charge in [0, 0.05) is 18.6 Å². The van der Waals surface area contributed by atoms with Crippen LogP contribution in [0.1, 0.15) is 51.9 Å². The Labute approximate surface area is 149 Å². The Morgan fingerprint density at radius 3 is 1.42 bits per heavy atom. The number of unbranched alkanes of at least 4 members (excludes halogenated alkanes) is 6. The van der Waals surface area contributed by atoms with E-state index in [4.69, 9.17) is 19.2 Å². The molecule has 0 aliphatic rings. The molecule has 26 heavy (non-hydrogen) atoms. The minimum Gasteiger partial charge on any atom is -0.303 e. The van der Waals surface area contributed by atoms with E-state index < -0.39 is 7.82 Å². The predicted molar refractivity (Wildman–Crippen MR) is 93.9 cm³/mol. The number of halogens is 6. The summed E-state index contributed by atoms with van der Waals surface area (Å²) in [6.07, 6.45) is 14.0. The highest BCUT2D eigenvalue weighted by Gasteiger charge is 2.00. The fraction of sp³-hybridized carbons (Fsp3) is 0.643. The number of hydrogen-bond donors (Lipinski definition) is 3. The number of nitrogens with zero attached hydrogens (tertiary/aromatic N) is 1. The molecule has 0 atom stereocenters. The first-order valence-electron chi connectivity index (χ1n) is 7.16. The molecule has 0 saturated heterocycles. The van der Waals surface area contributed by atoms with Gasteiger partial charge >= 0.3 is 7.82 Å². The highest BCUT2D eigenvalue weighted by Crippen LogP contribution is 2.25. The number of hydrogen-bond acceptors (Lipinski definition) is 1. The SMILES string of the molecule is CCCCCCCCC[n+]1ccccc1.F.F.F.F.F.F.O=P(O)(O)O. The van der Waals surface area contributed by atoms with Gasteiger partial charge in [0.1, 0.15) is 6.54 Å². The van der Waals surface area contributed by atoms with Crippen LogP contribution in [0.15, 0.2) is 30.6 Å². The second kappa shape index (κ2) is 28.6. The molecule has 3 N–H and O–H groups in total. The van der Waals surface area contributed by atoms with Crippen LogP contribution in [-0.4, -0.2) is 14.7 Å². The first-order valence-corrected chi connectivity index (χ1v) is 8.72. The zero-order chi connectivity index (χ0) is 15.3. The number of aromatic nitrogens is 1. The molecular formula is C14H33F6NO4P+. The molecule has 0 saturated carbocycles. The molecule has 1 heterocycles. The largest absolute Gasteiger partial charge is 0.466 e. The Kier molecular flexibility index (Phi) is 48.9. The van der Waals surface area contributed by atoms with E-state index >= 15 is 0 Å². The molecule has 164 valence electrons. The lowest BCUT2D eigenvalue weighted by molar-refractivity contribution is -0.697. The number of rotatable bonds is 8. The highest BCUT2D eigenvalue weighted by molar-refractivity contribution is 7.45. The topological polar surface area (TPSA) is 81.6 Å². The molecule has 1 aromatic heterocycles. The molecule has 1 rings (SSSR count). The van der Waals surface area contributed by atoms with Crippen LogP contribution in [0.3, 0.4) is 0 Å². The quantitative estimate of drug-likeness (QED) is 0.257. The molecule has 0 aliphatic heterocycles. The van der Waals surface area contributed by atoms with Gasteiger partial charge in [0.05, 0.1) is 0 Å². The first kappa shape index (κ1) is 44.4. The average molecular weight is 424 g/mol. The van der Waals surface area contributed by atoms with Crippen LogP contribution in [0.2, 0.25) is 0 Å². The van der Waals surface area contributed by atoms with Crippen molar-refractivity contribution in [1.29, 1.82) is 0 Å². The van der Waals surface area contributed by atoms with E-state index in [0.29, 0.717) is 0 Å². The Balaban J connectivity index is -0.0000000591. The molecule has 0 spiro atoms. The maximum absolute atomic E-state index is 8.88. The lowest BCUT2D eigenvalue weighted by Crippen LogP contribution is -2.32. The second-order valence-corrected chi connectivity index (χ2v) is 5.77. The van der Waals surface area contributed by atoms with Crippen LogP contribution in [0.25, 0.3) is 0 Å². The van der Waals surface area contributed by atoms with E-state index in [0.717, 1.165) is 0 Å². The van der Waals surface area contributed by atoms with Gasteiger partial charge in [0.25, 0.3) is 0 Å². The summed E-state index contributed by atoms with van der Waals surface area (Å²) in [4.78, 5) is 21.6. The Hall–Kier alpha value is -1.16. The van der Waals surface area contributed by atoms with Crippen LogP contribution in [0.5, 0.6) is 0 Å². The monoisotopic (exact) mass is 424 g/mol. The van der Waals surface area contributed by atoms with Gasteiger partial charge in [-0.2, -0.15) is 0 Å². The first-order chi connectivity index (χ1) is 9.43. The van der Waals surface area contributed by atoms with Crippen LogP contribution in [0.4, 0.5) is 28.2 Å². The summed E-state index contributed by atoms with van der Waals surface area (Å²) in [6, 6.07) is 6.27. The number of pyridine rings is 1. The predicted octanol–water partition coefficient (Wildman–Crippen LogP) is 3.71. The van der Waals surface area contributed by atoms with Crippen LogP contribution >= 0.6 is 7.82 Å². The molecule has 5 nitrogen and oxygen atoms in total. The Morgan fingerprint density at radius 2 is 1.04 bits per heavy atom. The van der Waals surface area contributed by atoms with Crippen molar-refractivity contribution < 1.29 is 52.0 Å². The maximum Gasteiger partial charge on any atom is 0.466 e. The molecule has 0 fully saturated rings. The van der Waals surface area contributed by atoms with Gasteiger partial charge in [-0.15, -0.1) is 0 Å². The lowest BCUT2D eigenvalue weighted by Gasteiger charge is -1.99. The minimum absolute atomic E-state index is 0. The van der Waals surface area contributed by atoms with Crippen molar-refractivity contribution in [3.05, 3.63) is 30.6 Å².